The zero-order valence-corrected chi connectivity index (χ0v) is 6.75. The van der Waals surface area contributed by atoms with Crippen molar-refractivity contribution >= 4 is 0 Å². The molecule has 4 heteroatoms. The van der Waals surface area contributed by atoms with Crippen molar-refractivity contribution in [3.8, 4) is 0 Å². The van der Waals surface area contributed by atoms with Crippen LogP contribution in [0.15, 0.2) is 0 Å². The van der Waals surface area contributed by atoms with Crippen molar-refractivity contribution in [1.29, 1.82) is 0 Å². The van der Waals surface area contributed by atoms with Crippen molar-refractivity contribution in [2.24, 2.45) is 5.73 Å². The van der Waals surface area contributed by atoms with Crippen LogP contribution in [0.1, 0.15) is 13.3 Å². The van der Waals surface area contributed by atoms with Gasteiger partial charge in [-0.25, -0.2) is 0 Å². The predicted octanol–water partition coefficient (Wildman–Crippen LogP) is -0.541. The number of aliphatic hydroxyl groups is 1. The quantitative estimate of drug-likeness (QED) is 0.583. The zero-order chi connectivity index (χ0) is 8.32. The third-order valence-electron chi connectivity index (χ3n) is 1.91. The van der Waals surface area contributed by atoms with E-state index in [1.165, 1.54) is 0 Å². The molecule has 0 aromatic heterocycles. The van der Waals surface area contributed by atoms with Crippen LogP contribution in [0.25, 0.3) is 0 Å². The van der Waals surface area contributed by atoms with Gasteiger partial charge in [-0.05, 0) is 6.92 Å². The van der Waals surface area contributed by atoms with E-state index in [9.17, 15) is 0 Å². The average Bonchev–Trinajstić information content (AvgIpc) is 2.35. The van der Waals surface area contributed by atoms with E-state index in [2.05, 4.69) is 0 Å². The first-order valence-corrected chi connectivity index (χ1v) is 3.88. The Morgan fingerprint density at radius 2 is 2.55 bits per heavy atom. The van der Waals surface area contributed by atoms with Crippen LogP contribution in [0.4, 0.5) is 0 Å². The van der Waals surface area contributed by atoms with Gasteiger partial charge in [0.1, 0.15) is 6.10 Å². The lowest BCUT2D eigenvalue weighted by molar-refractivity contribution is -0.106. The molecule has 0 unspecified atom stereocenters. The van der Waals surface area contributed by atoms with Crippen LogP contribution >= 0.6 is 0 Å². The smallest absolute Gasteiger partial charge is 0.166 e. The van der Waals surface area contributed by atoms with Crippen LogP contribution in [0.2, 0.25) is 0 Å². The van der Waals surface area contributed by atoms with Crippen molar-refractivity contribution in [3.63, 3.8) is 0 Å². The normalized spacial score (nSPS) is 37.9. The highest BCUT2D eigenvalue weighted by atomic mass is 16.6. The van der Waals surface area contributed by atoms with Crippen molar-refractivity contribution in [1.82, 2.24) is 0 Å². The fourth-order valence-corrected chi connectivity index (χ4v) is 1.27. The number of aliphatic hydroxyl groups excluding tert-OH is 1. The summed E-state index contributed by atoms with van der Waals surface area (Å²) in [6.07, 6.45) is 0.614. The second-order valence-electron chi connectivity index (χ2n) is 2.69. The highest BCUT2D eigenvalue weighted by Crippen LogP contribution is 2.23. The average molecular weight is 161 g/mol. The number of hydrogen-bond acceptors (Lipinski definition) is 4. The lowest BCUT2D eigenvalue weighted by Gasteiger charge is -2.27. The van der Waals surface area contributed by atoms with Gasteiger partial charge in [0.15, 0.2) is 5.72 Å². The summed E-state index contributed by atoms with van der Waals surface area (Å²) in [5, 5.41) is 8.89. The summed E-state index contributed by atoms with van der Waals surface area (Å²) in [7, 11) is 0. The molecule has 0 saturated carbocycles. The van der Waals surface area contributed by atoms with Gasteiger partial charge in [0.05, 0.1) is 13.2 Å². The molecule has 0 bridgehead atoms. The molecule has 2 atom stereocenters. The summed E-state index contributed by atoms with van der Waals surface area (Å²) in [4.78, 5) is 0. The Labute approximate surface area is 66.3 Å². The Morgan fingerprint density at radius 1 is 1.82 bits per heavy atom. The van der Waals surface area contributed by atoms with E-state index in [1.807, 2.05) is 6.92 Å². The van der Waals surface area contributed by atoms with Crippen molar-refractivity contribution in [2.45, 2.75) is 25.2 Å². The molecule has 1 saturated heterocycles. The molecule has 0 aliphatic carbocycles. The fourth-order valence-electron chi connectivity index (χ4n) is 1.27. The van der Waals surface area contributed by atoms with Gasteiger partial charge >= 0.3 is 0 Å². The molecule has 1 fully saturated rings. The van der Waals surface area contributed by atoms with Gasteiger partial charge in [-0.1, -0.05) is 0 Å². The van der Waals surface area contributed by atoms with Gasteiger partial charge in [0.2, 0.25) is 0 Å². The molecule has 66 valence electrons. The minimum atomic E-state index is -0.962. The van der Waals surface area contributed by atoms with Gasteiger partial charge in [-0.15, -0.1) is 0 Å². The Balaban J connectivity index is 2.49. The van der Waals surface area contributed by atoms with Crippen LogP contribution in [0, 0.1) is 0 Å². The van der Waals surface area contributed by atoms with Crippen molar-refractivity contribution in [3.05, 3.63) is 0 Å². The van der Waals surface area contributed by atoms with Crippen LogP contribution in [0.3, 0.4) is 0 Å². The molecule has 1 aliphatic rings. The summed E-state index contributed by atoms with van der Waals surface area (Å²) in [5.74, 6) is 0. The molecule has 1 aliphatic heterocycles. The zero-order valence-electron chi connectivity index (χ0n) is 6.75. The van der Waals surface area contributed by atoms with Gasteiger partial charge in [0, 0.05) is 13.0 Å². The van der Waals surface area contributed by atoms with Crippen molar-refractivity contribution < 1.29 is 14.6 Å². The van der Waals surface area contributed by atoms with Crippen molar-refractivity contribution in [2.75, 3.05) is 19.8 Å². The second-order valence-corrected chi connectivity index (χ2v) is 2.69. The lowest BCUT2D eigenvalue weighted by atomic mass is 10.1. The topological polar surface area (TPSA) is 64.7 Å². The number of hydrogen-bond donors (Lipinski definition) is 2. The summed E-state index contributed by atoms with van der Waals surface area (Å²) in [6, 6.07) is 0. The molecule has 0 aromatic carbocycles. The van der Waals surface area contributed by atoms with Crippen LogP contribution in [0.5, 0.6) is 0 Å². The molecule has 1 rings (SSSR count). The molecule has 11 heavy (non-hydrogen) atoms. The molecule has 0 spiro atoms. The van der Waals surface area contributed by atoms with Crippen LogP contribution in [-0.2, 0) is 9.47 Å². The largest absolute Gasteiger partial charge is 0.392 e. The fraction of sp³-hybridized carbons (Fsp3) is 1.00. The second kappa shape index (κ2) is 3.49. The first-order valence-electron chi connectivity index (χ1n) is 3.88. The van der Waals surface area contributed by atoms with Gasteiger partial charge in [0.25, 0.3) is 0 Å². The van der Waals surface area contributed by atoms with Gasteiger partial charge in [-0.2, -0.15) is 0 Å². The van der Waals surface area contributed by atoms with E-state index in [0.717, 1.165) is 6.42 Å². The number of nitrogens with two attached hydrogens (primary N) is 1. The minimum absolute atomic E-state index is 0.155. The monoisotopic (exact) mass is 161 g/mol. The summed E-state index contributed by atoms with van der Waals surface area (Å²) in [5.41, 5.74) is 4.73. The third kappa shape index (κ3) is 1.70. The third-order valence-corrected chi connectivity index (χ3v) is 1.91. The summed E-state index contributed by atoms with van der Waals surface area (Å²) >= 11 is 0. The van der Waals surface area contributed by atoms with E-state index >= 15 is 0 Å². The highest BCUT2D eigenvalue weighted by Gasteiger charge is 2.41. The minimum Gasteiger partial charge on any atom is -0.392 e. The van der Waals surface area contributed by atoms with Gasteiger partial charge < -0.3 is 14.6 Å². The standard InChI is InChI=1S/C7H15NO3/c1-2-10-6-3-4-11-7(6,8)5-9/h6,9H,2-5,8H2,1H3/t6-,7-/m1/s1. The number of ether oxygens (including phenoxy) is 2. The molecule has 1 heterocycles. The highest BCUT2D eigenvalue weighted by molar-refractivity contribution is 4.87. The first kappa shape index (κ1) is 8.93. The Kier molecular flexibility index (Phi) is 2.84. The van der Waals surface area contributed by atoms with E-state index < -0.39 is 5.72 Å². The van der Waals surface area contributed by atoms with E-state index in [-0.39, 0.29) is 12.7 Å². The first-order chi connectivity index (χ1) is 5.23. The predicted molar refractivity (Wildman–Crippen MR) is 40.0 cm³/mol. The Morgan fingerprint density at radius 3 is 3.09 bits per heavy atom. The molecule has 0 aromatic rings. The lowest BCUT2D eigenvalue weighted by Crippen LogP contribution is -2.52. The SMILES string of the molecule is CCO[C@@H]1CCO[C@]1(N)CO. The maximum Gasteiger partial charge on any atom is 0.166 e. The maximum absolute atomic E-state index is 8.89. The maximum atomic E-state index is 8.89. The van der Waals surface area contributed by atoms with E-state index in [0.29, 0.717) is 13.2 Å². The molecule has 0 radical (unpaired) electrons. The summed E-state index contributed by atoms with van der Waals surface area (Å²) < 4.78 is 10.5. The molecule has 0 amide bonds. The van der Waals surface area contributed by atoms with E-state index in [4.69, 9.17) is 20.3 Å². The van der Waals surface area contributed by atoms with Crippen LogP contribution in [-0.4, -0.2) is 36.8 Å². The Bertz CT molecular complexity index is 131. The van der Waals surface area contributed by atoms with E-state index in [1.54, 1.807) is 0 Å². The number of rotatable bonds is 3. The Hall–Kier alpha value is -0.160. The molecule has 3 N–H and O–H groups in total. The molecular weight excluding hydrogens is 146 g/mol. The summed E-state index contributed by atoms with van der Waals surface area (Å²) in [6.45, 7) is 2.89. The van der Waals surface area contributed by atoms with Gasteiger partial charge in [-0.3, -0.25) is 5.73 Å². The van der Waals surface area contributed by atoms with Crippen LogP contribution < -0.4 is 5.73 Å². The molecule has 4 nitrogen and oxygen atoms in total. The molecular formula is C7H15NO3.